The molecule has 1 saturated heterocycles. The van der Waals surface area contributed by atoms with E-state index in [9.17, 15) is 15.0 Å². The molecule has 1 aliphatic rings. The van der Waals surface area contributed by atoms with Gasteiger partial charge < -0.3 is 25.6 Å². The molecule has 0 aromatic heterocycles. The Balaban J connectivity index is 1.96. The molecule has 1 aromatic rings. The monoisotopic (exact) mass is 280 g/mol. The molecular weight excluding hydrogens is 260 g/mol. The van der Waals surface area contributed by atoms with Gasteiger partial charge in [-0.1, -0.05) is 6.07 Å². The van der Waals surface area contributed by atoms with Crippen LogP contribution in [0.25, 0.3) is 0 Å². The lowest BCUT2D eigenvalue weighted by Crippen LogP contribution is -2.41. The van der Waals surface area contributed by atoms with Crippen molar-refractivity contribution < 1.29 is 19.7 Å². The van der Waals surface area contributed by atoms with Crippen LogP contribution in [0, 0.1) is 0 Å². The van der Waals surface area contributed by atoms with Gasteiger partial charge in [-0.15, -0.1) is 0 Å². The third-order valence-corrected chi connectivity index (χ3v) is 3.45. The van der Waals surface area contributed by atoms with E-state index in [2.05, 4.69) is 0 Å². The SMILES string of the molecule is NCCOC1CCN(C(=O)c2cccc(O)c2O)CC1. The number of piperidine rings is 1. The topological polar surface area (TPSA) is 96.0 Å². The van der Waals surface area contributed by atoms with Crippen LogP contribution >= 0.6 is 0 Å². The van der Waals surface area contributed by atoms with E-state index in [0.29, 0.717) is 26.2 Å². The Morgan fingerprint density at radius 2 is 2.05 bits per heavy atom. The number of likely N-dealkylation sites (tertiary alicyclic amines) is 1. The van der Waals surface area contributed by atoms with E-state index in [4.69, 9.17) is 10.5 Å². The number of para-hydroxylation sites is 1. The van der Waals surface area contributed by atoms with E-state index in [0.717, 1.165) is 12.8 Å². The zero-order valence-electron chi connectivity index (χ0n) is 11.3. The minimum Gasteiger partial charge on any atom is -0.504 e. The molecule has 20 heavy (non-hydrogen) atoms. The Bertz CT molecular complexity index is 470. The molecule has 6 nitrogen and oxygen atoms in total. The summed E-state index contributed by atoms with van der Waals surface area (Å²) in [6, 6.07) is 4.40. The van der Waals surface area contributed by atoms with E-state index in [1.165, 1.54) is 12.1 Å². The molecule has 110 valence electrons. The molecule has 1 fully saturated rings. The highest BCUT2D eigenvalue weighted by molar-refractivity contribution is 5.97. The first kappa shape index (κ1) is 14.6. The molecule has 1 aromatic carbocycles. The van der Waals surface area contributed by atoms with Crippen LogP contribution in [-0.2, 0) is 4.74 Å². The van der Waals surface area contributed by atoms with Crippen molar-refractivity contribution in [2.24, 2.45) is 5.73 Å². The predicted octanol–water partition coefficient (Wildman–Crippen LogP) is 0.678. The summed E-state index contributed by atoms with van der Waals surface area (Å²) in [5.41, 5.74) is 5.52. The number of rotatable bonds is 4. The van der Waals surface area contributed by atoms with Crippen LogP contribution in [-0.4, -0.2) is 53.4 Å². The molecule has 0 spiro atoms. The quantitative estimate of drug-likeness (QED) is 0.705. The molecule has 0 saturated carbocycles. The van der Waals surface area contributed by atoms with Crippen molar-refractivity contribution >= 4 is 5.91 Å². The standard InChI is InChI=1S/C14H20N2O4/c15-6-9-20-10-4-7-16(8-5-10)14(19)11-2-1-3-12(17)13(11)18/h1-3,10,17-18H,4-9,15H2. The minimum absolute atomic E-state index is 0.131. The highest BCUT2D eigenvalue weighted by Crippen LogP contribution is 2.29. The molecule has 1 heterocycles. The number of hydrogen-bond donors (Lipinski definition) is 3. The number of nitrogens with zero attached hydrogens (tertiary/aromatic N) is 1. The van der Waals surface area contributed by atoms with Gasteiger partial charge in [0.2, 0.25) is 0 Å². The fourth-order valence-corrected chi connectivity index (χ4v) is 2.33. The van der Waals surface area contributed by atoms with Gasteiger partial charge >= 0.3 is 0 Å². The molecule has 0 atom stereocenters. The van der Waals surface area contributed by atoms with Crippen LogP contribution in [0.15, 0.2) is 18.2 Å². The largest absolute Gasteiger partial charge is 0.504 e. The van der Waals surface area contributed by atoms with Gasteiger partial charge in [0.15, 0.2) is 11.5 Å². The summed E-state index contributed by atoms with van der Waals surface area (Å²) < 4.78 is 5.56. The van der Waals surface area contributed by atoms with Crippen LogP contribution in [0.5, 0.6) is 11.5 Å². The Labute approximate surface area is 117 Å². The third-order valence-electron chi connectivity index (χ3n) is 3.45. The number of phenols is 2. The average molecular weight is 280 g/mol. The van der Waals surface area contributed by atoms with E-state index < -0.39 is 0 Å². The second-order valence-electron chi connectivity index (χ2n) is 4.82. The molecular formula is C14H20N2O4. The van der Waals surface area contributed by atoms with Crippen molar-refractivity contribution in [2.45, 2.75) is 18.9 Å². The molecule has 0 aliphatic carbocycles. The van der Waals surface area contributed by atoms with E-state index in [1.54, 1.807) is 11.0 Å². The maximum absolute atomic E-state index is 12.3. The van der Waals surface area contributed by atoms with Gasteiger partial charge in [0.1, 0.15) is 0 Å². The first-order chi connectivity index (χ1) is 9.63. The molecule has 6 heteroatoms. The van der Waals surface area contributed by atoms with Crippen molar-refractivity contribution in [3.05, 3.63) is 23.8 Å². The Hall–Kier alpha value is -1.79. The van der Waals surface area contributed by atoms with Crippen molar-refractivity contribution in [3.63, 3.8) is 0 Å². The second kappa shape index (κ2) is 6.58. The fraction of sp³-hybridized carbons (Fsp3) is 0.500. The van der Waals surface area contributed by atoms with Crippen molar-refractivity contribution in [1.82, 2.24) is 4.90 Å². The summed E-state index contributed by atoms with van der Waals surface area (Å²) in [5, 5.41) is 19.2. The van der Waals surface area contributed by atoms with Crippen LogP contribution < -0.4 is 5.73 Å². The lowest BCUT2D eigenvalue weighted by molar-refractivity contribution is 0.0121. The summed E-state index contributed by atoms with van der Waals surface area (Å²) in [6.45, 7) is 2.18. The summed E-state index contributed by atoms with van der Waals surface area (Å²) >= 11 is 0. The number of ether oxygens (including phenoxy) is 1. The molecule has 4 N–H and O–H groups in total. The van der Waals surface area contributed by atoms with Gasteiger partial charge in [0.25, 0.3) is 5.91 Å². The summed E-state index contributed by atoms with van der Waals surface area (Å²) in [5.74, 6) is -0.910. The third kappa shape index (κ3) is 3.20. The molecule has 1 amide bonds. The number of aromatic hydroxyl groups is 2. The molecule has 1 aliphatic heterocycles. The van der Waals surface area contributed by atoms with Gasteiger partial charge in [0, 0.05) is 19.6 Å². The number of phenolic OH excluding ortho intramolecular Hbond substituents is 2. The number of hydrogen-bond acceptors (Lipinski definition) is 5. The van der Waals surface area contributed by atoms with Crippen molar-refractivity contribution in [2.75, 3.05) is 26.2 Å². The van der Waals surface area contributed by atoms with E-state index >= 15 is 0 Å². The number of benzene rings is 1. The molecule has 0 bridgehead atoms. The van der Waals surface area contributed by atoms with Gasteiger partial charge in [-0.3, -0.25) is 4.79 Å². The van der Waals surface area contributed by atoms with Crippen molar-refractivity contribution in [1.29, 1.82) is 0 Å². The number of amides is 1. The van der Waals surface area contributed by atoms with Crippen molar-refractivity contribution in [3.8, 4) is 11.5 Å². The highest BCUT2D eigenvalue weighted by Gasteiger charge is 2.26. The van der Waals surface area contributed by atoms with Gasteiger partial charge in [-0.2, -0.15) is 0 Å². The van der Waals surface area contributed by atoms with Gasteiger partial charge in [-0.05, 0) is 25.0 Å². The van der Waals surface area contributed by atoms with Gasteiger partial charge in [0.05, 0.1) is 18.3 Å². The number of carbonyl (C=O) groups excluding carboxylic acids is 1. The number of carbonyl (C=O) groups is 1. The van der Waals surface area contributed by atoms with Crippen LogP contribution in [0.2, 0.25) is 0 Å². The maximum Gasteiger partial charge on any atom is 0.257 e. The van der Waals surface area contributed by atoms with E-state index in [1.807, 2.05) is 0 Å². The first-order valence-corrected chi connectivity index (χ1v) is 6.75. The zero-order chi connectivity index (χ0) is 14.5. The molecule has 0 radical (unpaired) electrons. The van der Waals surface area contributed by atoms with Crippen LogP contribution in [0.3, 0.4) is 0 Å². The van der Waals surface area contributed by atoms with Crippen LogP contribution in [0.1, 0.15) is 23.2 Å². The molecule has 0 unspecified atom stereocenters. The normalized spacial score (nSPS) is 16.4. The lowest BCUT2D eigenvalue weighted by Gasteiger charge is -2.32. The number of nitrogens with two attached hydrogens (primary N) is 1. The maximum atomic E-state index is 12.3. The second-order valence-corrected chi connectivity index (χ2v) is 4.82. The fourth-order valence-electron chi connectivity index (χ4n) is 2.33. The van der Waals surface area contributed by atoms with Gasteiger partial charge in [-0.25, -0.2) is 0 Å². The summed E-state index contributed by atoms with van der Waals surface area (Å²) in [7, 11) is 0. The highest BCUT2D eigenvalue weighted by atomic mass is 16.5. The zero-order valence-corrected chi connectivity index (χ0v) is 11.3. The Morgan fingerprint density at radius 3 is 2.70 bits per heavy atom. The Morgan fingerprint density at radius 1 is 1.35 bits per heavy atom. The van der Waals surface area contributed by atoms with Crippen LogP contribution in [0.4, 0.5) is 0 Å². The average Bonchev–Trinajstić information content (AvgIpc) is 2.48. The lowest BCUT2D eigenvalue weighted by atomic mass is 10.1. The first-order valence-electron chi connectivity index (χ1n) is 6.75. The molecule has 2 rings (SSSR count). The Kier molecular flexibility index (Phi) is 4.81. The summed E-state index contributed by atoms with van der Waals surface area (Å²) in [4.78, 5) is 14.0. The smallest absolute Gasteiger partial charge is 0.257 e. The predicted molar refractivity (Wildman–Crippen MR) is 73.7 cm³/mol. The van der Waals surface area contributed by atoms with E-state index in [-0.39, 0.29) is 29.1 Å². The minimum atomic E-state index is -0.362. The summed E-state index contributed by atoms with van der Waals surface area (Å²) in [6.07, 6.45) is 1.65.